The minimum atomic E-state index is -4.52. The van der Waals surface area contributed by atoms with E-state index in [1.165, 1.54) is 24.3 Å². The molecule has 0 aromatic heterocycles. The number of halogens is 4. The van der Waals surface area contributed by atoms with E-state index in [1.807, 2.05) is 0 Å². The Morgan fingerprint density at radius 3 is 2.62 bits per heavy atom. The second-order valence-electron chi connectivity index (χ2n) is 5.27. The highest BCUT2D eigenvalue weighted by molar-refractivity contribution is 9.10. The molecule has 2 aromatic rings. The second-order valence-corrected chi connectivity index (χ2v) is 7.86. The van der Waals surface area contributed by atoms with Gasteiger partial charge in [-0.3, -0.25) is 9.69 Å². The molecule has 0 radical (unpaired) electrons. The van der Waals surface area contributed by atoms with Gasteiger partial charge in [0, 0.05) is 10.0 Å². The summed E-state index contributed by atoms with van der Waals surface area (Å²) in [6.45, 7) is 0. The number of phenolic OH excluding ortho intramolecular Hbond substituents is 1. The Kier molecular flexibility index (Phi) is 5.14. The van der Waals surface area contributed by atoms with Crippen LogP contribution in [-0.2, 0) is 11.0 Å². The summed E-state index contributed by atoms with van der Waals surface area (Å²) in [5.74, 6) is -0.573. The lowest BCUT2D eigenvalue weighted by atomic mass is 10.1. The third-order valence-electron chi connectivity index (χ3n) is 3.50. The van der Waals surface area contributed by atoms with Crippen molar-refractivity contribution in [1.82, 2.24) is 0 Å². The van der Waals surface area contributed by atoms with Crippen LogP contribution in [0.15, 0.2) is 51.8 Å². The number of thiocarbonyl (C=S) groups is 1. The molecule has 0 aliphatic carbocycles. The van der Waals surface area contributed by atoms with Gasteiger partial charge in [0.1, 0.15) is 5.75 Å². The average Bonchev–Trinajstić information content (AvgIpc) is 2.84. The van der Waals surface area contributed by atoms with Crippen LogP contribution in [0.25, 0.3) is 6.08 Å². The van der Waals surface area contributed by atoms with Crippen molar-refractivity contribution in [3.8, 4) is 5.75 Å². The summed E-state index contributed by atoms with van der Waals surface area (Å²) in [6.07, 6.45) is -3.07. The van der Waals surface area contributed by atoms with Crippen LogP contribution in [0.1, 0.15) is 11.1 Å². The molecule has 0 bridgehead atoms. The molecule has 1 saturated heterocycles. The fraction of sp³-hybridized carbons (Fsp3) is 0.0588. The molecule has 1 aliphatic heterocycles. The molecule has 26 heavy (non-hydrogen) atoms. The van der Waals surface area contributed by atoms with Crippen molar-refractivity contribution in [2.24, 2.45) is 0 Å². The summed E-state index contributed by atoms with van der Waals surface area (Å²) in [5.41, 5.74) is -0.425. The molecule has 0 spiro atoms. The van der Waals surface area contributed by atoms with Crippen molar-refractivity contribution in [2.75, 3.05) is 4.90 Å². The van der Waals surface area contributed by atoms with E-state index in [9.17, 15) is 23.1 Å². The molecule has 9 heteroatoms. The monoisotopic (exact) mass is 459 g/mol. The van der Waals surface area contributed by atoms with Crippen LogP contribution in [0, 0.1) is 0 Å². The zero-order chi connectivity index (χ0) is 19.1. The van der Waals surface area contributed by atoms with Gasteiger partial charge >= 0.3 is 6.18 Å². The summed E-state index contributed by atoms with van der Waals surface area (Å²) >= 11 is 9.40. The van der Waals surface area contributed by atoms with E-state index >= 15 is 0 Å². The van der Waals surface area contributed by atoms with Gasteiger partial charge in [-0.1, -0.05) is 46.0 Å². The van der Waals surface area contributed by atoms with Gasteiger partial charge in [0.15, 0.2) is 4.32 Å². The highest BCUT2D eigenvalue weighted by Crippen LogP contribution is 2.39. The molecular weight excluding hydrogens is 451 g/mol. The summed E-state index contributed by atoms with van der Waals surface area (Å²) < 4.78 is 39.6. The Labute approximate surface area is 164 Å². The van der Waals surface area contributed by atoms with Crippen LogP contribution in [0.5, 0.6) is 5.75 Å². The van der Waals surface area contributed by atoms with Gasteiger partial charge in [0.05, 0.1) is 16.2 Å². The normalized spacial score (nSPS) is 16.6. The fourth-order valence-corrected chi connectivity index (χ4v) is 3.96. The molecule has 1 amide bonds. The predicted molar refractivity (Wildman–Crippen MR) is 103 cm³/mol. The van der Waals surface area contributed by atoms with Crippen LogP contribution in [-0.4, -0.2) is 15.3 Å². The van der Waals surface area contributed by atoms with Crippen molar-refractivity contribution >= 4 is 61.9 Å². The largest absolute Gasteiger partial charge is 0.507 e. The highest BCUT2D eigenvalue weighted by atomic mass is 79.9. The van der Waals surface area contributed by atoms with Gasteiger partial charge in [-0.2, -0.15) is 13.2 Å². The van der Waals surface area contributed by atoms with Gasteiger partial charge in [0.25, 0.3) is 5.91 Å². The number of nitrogens with zero attached hydrogens (tertiary/aromatic N) is 1. The number of amides is 1. The number of anilines is 1. The zero-order valence-electron chi connectivity index (χ0n) is 12.7. The zero-order valence-corrected chi connectivity index (χ0v) is 16.0. The first kappa shape index (κ1) is 18.9. The smallest absolute Gasteiger partial charge is 0.416 e. The number of carbonyl (C=O) groups is 1. The molecule has 3 rings (SSSR count). The standard InChI is InChI=1S/C17H9BrF3NO2S2/c18-11-4-5-13(23)9(6-11)7-14-15(24)22(16(25)26-14)12-3-1-2-10(8-12)17(19,20)21/h1-8,23H. The number of aromatic hydroxyl groups is 1. The lowest BCUT2D eigenvalue weighted by Gasteiger charge is -2.16. The van der Waals surface area contributed by atoms with Crippen LogP contribution >= 0.6 is 39.9 Å². The molecule has 1 fully saturated rings. The topological polar surface area (TPSA) is 40.5 Å². The number of rotatable bonds is 2. The maximum atomic E-state index is 12.9. The first-order valence-electron chi connectivity index (χ1n) is 7.10. The van der Waals surface area contributed by atoms with Crippen LogP contribution in [0.4, 0.5) is 18.9 Å². The maximum Gasteiger partial charge on any atom is 0.416 e. The van der Waals surface area contributed by atoms with E-state index in [-0.39, 0.29) is 20.7 Å². The van der Waals surface area contributed by atoms with Crippen molar-refractivity contribution in [2.45, 2.75) is 6.18 Å². The number of thioether (sulfide) groups is 1. The Bertz CT molecular complexity index is 944. The SMILES string of the molecule is O=C1C(=Cc2cc(Br)ccc2O)SC(=S)N1c1cccc(C(F)(F)F)c1. The maximum absolute atomic E-state index is 12.9. The van der Waals surface area contributed by atoms with E-state index in [0.29, 0.717) is 10.0 Å². The van der Waals surface area contributed by atoms with Crippen molar-refractivity contribution in [3.63, 3.8) is 0 Å². The summed E-state index contributed by atoms with van der Waals surface area (Å²) in [4.78, 5) is 13.9. The van der Waals surface area contributed by atoms with Gasteiger partial charge in [-0.25, -0.2) is 0 Å². The molecular formula is C17H9BrF3NO2S2. The summed E-state index contributed by atoms with van der Waals surface area (Å²) in [5, 5.41) is 9.90. The summed E-state index contributed by atoms with van der Waals surface area (Å²) in [7, 11) is 0. The molecule has 1 aliphatic rings. The molecule has 0 atom stereocenters. The molecule has 0 unspecified atom stereocenters. The molecule has 3 nitrogen and oxygen atoms in total. The van der Waals surface area contributed by atoms with E-state index in [0.717, 1.165) is 28.8 Å². The van der Waals surface area contributed by atoms with Crippen LogP contribution < -0.4 is 4.90 Å². The van der Waals surface area contributed by atoms with Crippen molar-refractivity contribution in [3.05, 3.63) is 63.0 Å². The van der Waals surface area contributed by atoms with E-state index in [1.54, 1.807) is 12.1 Å². The third kappa shape index (κ3) is 3.79. The van der Waals surface area contributed by atoms with Gasteiger partial charge in [-0.15, -0.1) is 0 Å². The van der Waals surface area contributed by atoms with E-state index < -0.39 is 17.6 Å². The van der Waals surface area contributed by atoms with E-state index in [4.69, 9.17) is 12.2 Å². The predicted octanol–water partition coefficient (Wildman–Crippen LogP) is 5.58. The van der Waals surface area contributed by atoms with Gasteiger partial charge < -0.3 is 5.11 Å². The lowest BCUT2D eigenvalue weighted by Crippen LogP contribution is -2.27. The highest BCUT2D eigenvalue weighted by Gasteiger charge is 2.36. The molecule has 1 N–H and O–H groups in total. The molecule has 134 valence electrons. The number of carbonyl (C=O) groups excluding carboxylic acids is 1. The minimum Gasteiger partial charge on any atom is -0.507 e. The first-order chi connectivity index (χ1) is 12.2. The summed E-state index contributed by atoms with van der Waals surface area (Å²) in [6, 6.07) is 9.14. The third-order valence-corrected chi connectivity index (χ3v) is 5.30. The number of hydrogen-bond donors (Lipinski definition) is 1. The lowest BCUT2D eigenvalue weighted by molar-refractivity contribution is -0.137. The number of alkyl halides is 3. The van der Waals surface area contributed by atoms with Gasteiger partial charge in [0.2, 0.25) is 0 Å². The molecule has 1 heterocycles. The Morgan fingerprint density at radius 1 is 1.19 bits per heavy atom. The van der Waals surface area contributed by atoms with Gasteiger partial charge in [-0.05, 0) is 42.5 Å². The first-order valence-corrected chi connectivity index (χ1v) is 9.12. The van der Waals surface area contributed by atoms with Crippen molar-refractivity contribution < 1.29 is 23.1 Å². The quantitative estimate of drug-likeness (QED) is 0.470. The number of benzene rings is 2. The number of hydrogen-bond acceptors (Lipinski definition) is 4. The van der Waals surface area contributed by atoms with Crippen LogP contribution in [0.3, 0.4) is 0 Å². The molecule has 2 aromatic carbocycles. The van der Waals surface area contributed by atoms with E-state index in [2.05, 4.69) is 15.9 Å². The Morgan fingerprint density at radius 2 is 1.92 bits per heavy atom. The fourth-order valence-electron chi connectivity index (χ4n) is 2.29. The Balaban J connectivity index is 1.97. The second kappa shape index (κ2) is 7.05. The van der Waals surface area contributed by atoms with Crippen molar-refractivity contribution in [1.29, 1.82) is 0 Å². The number of phenols is 1. The minimum absolute atomic E-state index is 0.0301. The Hall–Kier alpha value is -1.84. The average molecular weight is 460 g/mol. The molecule has 0 saturated carbocycles. The van der Waals surface area contributed by atoms with Crippen LogP contribution in [0.2, 0.25) is 0 Å².